The van der Waals surface area contributed by atoms with E-state index in [1.807, 2.05) is 0 Å². The zero-order valence-corrected chi connectivity index (χ0v) is 14.2. The van der Waals surface area contributed by atoms with E-state index in [0.29, 0.717) is 6.04 Å². The summed E-state index contributed by atoms with van der Waals surface area (Å²) in [6.45, 7) is 8.20. The molecule has 1 heterocycles. The average molecular weight is 341 g/mol. The minimum atomic E-state index is 0.236. The molecule has 0 aliphatic carbocycles. The second kappa shape index (κ2) is 6.92. The first-order valence-electron chi connectivity index (χ1n) is 7.43. The number of nitrogens with two attached hydrogens (primary N) is 1. The van der Waals surface area contributed by atoms with Crippen molar-refractivity contribution < 1.29 is 4.74 Å². The third-order valence-corrected chi connectivity index (χ3v) is 4.72. The molecule has 4 heteroatoms. The number of halogens is 1. The van der Waals surface area contributed by atoms with Crippen molar-refractivity contribution in [2.45, 2.75) is 51.8 Å². The lowest BCUT2D eigenvalue weighted by Crippen LogP contribution is -2.47. The molecule has 1 aliphatic rings. The summed E-state index contributed by atoms with van der Waals surface area (Å²) in [6, 6.07) is 7.27. The van der Waals surface area contributed by atoms with Gasteiger partial charge in [-0.2, -0.15) is 0 Å². The minimum Gasteiger partial charge on any atom is -0.375 e. The molecule has 0 saturated carbocycles. The molecular weight excluding hydrogens is 316 g/mol. The molecular formula is C16H25BrN2O. The van der Waals surface area contributed by atoms with E-state index in [0.717, 1.165) is 30.5 Å². The van der Waals surface area contributed by atoms with Crippen molar-refractivity contribution in [1.29, 1.82) is 0 Å². The molecule has 0 spiro atoms. The van der Waals surface area contributed by atoms with Gasteiger partial charge in [-0.3, -0.25) is 0 Å². The lowest BCUT2D eigenvalue weighted by atomic mass is 10.0. The predicted octanol–water partition coefficient (Wildman–Crippen LogP) is 3.34. The Labute approximate surface area is 130 Å². The summed E-state index contributed by atoms with van der Waals surface area (Å²) >= 11 is 3.69. The van der Waals surface area contributed by atoms with Crippen LogP contribution in [-0.2, 0) is 11.2 Å². The summed E-state index contributed by atoms with van der Waals surface area (Å²) in [4.78, 5) is 2.42. The second-order valence-electron chi connectivity index (χ2n) is 5.79. The van der Waals surface area contributed by atoms with Crippen molar-refractivity contribution in [3.05, 3.63) is 28.2 Å². The molecule has 20 heavy (non-hydrogen) atoms. The van der Waals surface area contributed by atoms with Gasteiger partial charge in [-0.05, 0) is 44.4 Å². The first kappa shape index (κ1) is 15.8. The van der Waals surface area contributed by atoms with Gasteiger partial charge in [0.05, 0.1) is 12.7 Å². The van der Waals surface area contributed by atoms with Crippen LogP contribution < -0.4 is 10.6 Å². The maximum absolute atomic E-state index is 6.05. The van der Waals surface area contributed by atoms with E-state index in [-0.39, 0.29) is 12.1 Å². The van der Waals surface area contributed by atoms with E-state index in [2.05, 4.69) is 59.8 Å². The molecule has 1 aromatic rings. The fraction of sp³-hybridized carbons (Fsp3) is 0.625. The molecule has 2 N–H and O–H groups in total. The number of benzene rings is 1. The third kappa shape index (κ3) is 3.74. The van der Waals surface area contributed by atoms with Crippen LogP contribution in [0.2, 0.25) is 0 Å². The van der Waals surface area contributed by atoms with Gasteiger partial charge in [0.1, 0.15) is 0 Å². The number of morpholine rings is 1. The Morgan fingerprint density at radius 2 is 2.20 bits per heavy atom. The maximum atomic E-state index is 6.05. The molecule has 1 aliphatic heterocycles. The molecule has 1 saturated heterocycles. The highest BCUT2D eigenvalue weighted by Gasteiger charge is 2.24. The van der Waals surface area contributed by atoms with Crippen molar-refractivity contribution in [3.8, 4) is 0 Å². The highest BCUT2D eigenvalue weighted by atomic mass is 79.9. The van der Waals surface area contributed by atoms with Gasteiger partial charge in [0.25, 0.3) is 0 Å². The van der Waals surface area contributed by atoms with Crippen LogP contribution in [0.25, 0.3) is 0 Å². The zero-order chi connectivity index (χ0) is 14.7. The Hall–Kier alpha value is -0.580. The Bertz CT molecular complexity index is 452. The number of ether oxygens (including phenoxy) is 1. The second-order valence-corrected chi connectivity index (χ2v) is 6.65. The van der Waals surface area contributed by atoms with Crippen molar-refractivity contribution in [3.63, 3.8) is 0 Å². The lowest BCUT2D eigenvalue weighted by Gasteiger charge is -2.38. The van der Waals surface area contributed by atoms with E-state index in [1.165, 1.54) is 11.3 Å². The molecule has 0 amide bonds. The standard InChI is InChI=1S/C16H25BrN2O/c1-4-14(18)7-13-5-6-15(8-16(13)17)19-9-12(3)20-10-11(19)2/h5-6,8,11-12,14H,4,7,9-10,18H2,1-3H3. The summed E-state index contributed by atoms with van der Waals surface area (Å²) in [7, 11) is 0. The number of hydrogen-bond donors (Lipinski definition) is 1. The number of rotatable bonds is 4. The molecule has 3 nitrogen and oxygen atoms in total. The molecule has 0 bridgehead atoms. The monoisotopic (exact) mass is 340 g/mol. The van der Waals surface area contributed by atoms with Gasteiger partial charge < -0.3 is 15.4 Å². The summed E-state index contributed by atoms with van der Waals surface area (Å²) in [5.74, 6) is 0. The molecule has 0 radical (unpaired) electrons. The smallest absolute Gasteiger partial charge is 0.0723 e. The first-order chi connectivity index (χ1) is 9.51. The summed E-state index contributed by atoms with van der Waals surface area (Å²) in [5.41, 5.74) is 8.59. The molecule has 1 aromatic carbocycles. The summed E-state index contributed by atoms with van der Waals surface area (Å²) < 4.78 is 6.85. The van der Waals surface area contributed by atoms with Gasteiger partial charge in [0, 0.05) is 28.8 Å². The largest absolute Gasteiger partial charge is 0.375 e. The molecule has 3 unspecified atom stereocenters. The maximum Gasteiger partial charge on any atom is 0.0723 e. The topological polar surface area (TPSA) is 38.5 Å². The molecule has 0 aromatic heterocycles. The lowest BCUT2D eigenvalue weighted by molar-refractivity contribution is 0.0344. The van der Waals surface area contributed by atoms with Gasteiger partial charge in [0.15, 0.2) is 0 Å². The molecule has 1 fully saturated rings. The number of anilines is 1. The van der Waals surface area contributed by atoms with Crippen LogP contribution in [-0.4, -0.2) is 31.3 Å². The molecule has 3 atom stereocenters. The Kier molecular flexibility index (Phi) is 5.47. The van der Waals surface area contributed by atoms with Crippen molar-refractivity contribution in [2.75, 3.05) is 18.1 Å². The van der Waals surface area contributed by atoms with E-state index >= 15 is 0 Å². The Morgan fingerprint density at radius 3 is 2.85 bits per heavy atom. The van der Waals surface area contributed by atoms with Crippen LogP contribution in [0.1, 0.15) is 32.8 Å². The van der Waals surface area contributed by atoms with Crippen LogP contribution >= 0.6 is 15.9 Å². The van der Waals surface area contributed by atoms with Crippen LogP contribution in [0.5, 0.6) is 0 Å². The number of nitrogens with zero attached hydrogens (tertiary/aromatic N) is 1. The Morgan fingerprint density at radius 1 is 1.45 bits per heavy atom. The van der Waals surface area contributed by atoms with Gasteiger partial charge in [-0.15, -0.1) is 0 Å². The summed E-state index contributed by atoms with van der Waals surface area (Å²) in [6.07, 6.45) is 2.22. The van der Waals surface area contributed by atoms with Crippen LogP contribution in [0, 0.1) is 0 Å². The fourth-order valence-corrected chi connectivity index (χ4v) is 3.10. The van der Waals surface area contributed by atoms with Gasteiger partial charge in [-0.1, -0.05) is 28.9 Å². The van der Waals surface area contributed by atoms with Gasteiger partial charge in [-0.25, -0.2) is 0 Å². The van der Waals surface area contributed by atoms with Crippen molar-refractivity contribution in [2.24, 2.45) is 5.73 Å². The third-order valence-electron chi connectivity index (χ3n) is 3.98. The van der Waals surface area contributed by atoms with Crippen molar-refractivity contribution in [1.82, 2.24) is 0 Å². The van der Waals surface area contributed by atoms with Crippen LogP contribution in [0.15, 0.2) is 22.7 Å². The molecule has 112 valence electrons. The summed E-state index contributed by atoms with van der Waals surface area (Å²) in [5, 5.41) is 0. The van der Waals surface area contributed by atoms with E-state index in [1.54, 1.807) is 0 Å². The highest BCUT2D eigenvalue weighted by Crippen LogP contribution is 2.28. The normalized spacial score (nSPS) is 24.8. The van der Waals surface area contributed by atoms with E-state index < -0.39 is 0 Å². The van der Waals surface area contributed by atoms with Crippen LogP contribution in [0.3, 0.4) is 0 Å². The van der Waals surface area contributed by atoms with E-state index in [9.17, 15) is 0 Å². The average Bonchev–Trinajstić information content (AvgIpc) is 2.43. The highest BCUT2D eigenvalue weighted by molar-refractivity contribution is 9.10. The number of hydrogen-bond acceptors (Lipinski definition) is 3. The Balaban J connectivity index is 2.15. The predicted molar refractivity (Wildman–Crippen MR) is 88.3 cm³/mol. The SMILES string of the molecule is CCC(N)Cc1ccc(N2CC(C)OCC2C)cc1Br. The molecule has 2 rings (SSSR count). The fourth-order valence-electron chi connectivity index (χ4n) is 2.57. The zero-order valence-electron chi connectivity index (χ0n) is 12.6. The van der Waals surface area contributed by atoms with Gasteiger partial charge >= 0.3 is 0 Å². The van der Waals surface area contributed by atoms with Gasteiger partial charge in [0.2, 0.25) is 0 Å². The van der Waals surface area contributed by atoms with Crippen LogP contribution in [0.4, 0.5) is 5.69 Å². The van der Waals surface area contributed by atoms with E-state index in [4.69, 9.17) is 10.5 Å². The van der Waals surface area contributed by atoms with Crippen molar-refractivity contribution >= 4 is 21.6 Å². The first-order valence-corrected chi connectivity index (χ1v) is 8.22. The quantitative estimate of drug-likeness (QED) is 0.913. The minimum absolute atomic E-state index is 0.236.